The molecule has 1 aromatic carbocycles. The lowest BCUT2D eigenvalue weighted by Gasteiger charge is -2.30. The normalized spacial score (nSPS) is 17.9. The van der Waals surface area contributed by atoms with Gasteiger partial charge in [-0.2, -0.15) is 0 Å². The van der Waals surface area contributed by atoms with E-state index in [-0.39, 0.29) is 17.5 Å². The number of sulfonamides is 1. The number of aromatic nitrogens is 1. The molecule has 1 N–H and O–H groups in total. The minimum atomic E-state index is -3.14. The average Bonchev–Trinajstić information content (AvgIpc) is 2.98. The van der Waals surface area contributed by atoms with Gasteiger partial charge in [-0.1, -0.05) is 18.2 Å². The third-order valence-corrected chi connectivity index (χ3v) is 6.32. The maximum absolute atomic E-state index is 12.7. The molecule has 3 rings (SSSR count). The van der Waals surface area contributed by atoms with E-state index in [1.807, 2.05) is 24.3 Å². The molecule has 1 aliphatic rings. The molecular formula is C16H20N2O3S. The first-order chi connectivity index (χ1) is 10.5. The fraction of sp³-hybridized carbons (Fsp3) is 0.438. The van der Waals surface area contributed by atoms with Gasteiger partial charge in [0.25, 0.3) is 0 Å². The molecule has 1 fully saturated rings. The molecule has 0 amide bonds. The molecule has 2 aromatic rings. The number of para-hydroxylation sites is 1. The van der Waals surface area contributed by atoms with Crippen LogP contribution in [0.25, 0.3) is 10.9 Å². The topological polar surface area (TPSA) is 70.2 Å². The second-order valence-electron chi connectivity index (χ2n) is 5.69. The van der Waals surface area contributed by atoms with Crippen LogP contribution in [-0.2, 0) is 10.0 Å². The van der Waals surface area contributed by atoms with Gasteiger partial charge in [-0.25, -0.2) is 12.7 Å². The lowest BCUT2D eigenvalue weighted by Crippen LogP contribution is -2.40. The first-order valence-electron chi connectivity index (χ1n) is 7.61. The van der Waals surface area contributed by atoms with E-state index in [2.05, 4.69) is 4.98 Å². The van der Waals surface area contributed by atoms with Gasteiger partial charge in [-0.3, -0.25) is 4.79 Å². The summed E-state index contributed by atoms with van der Waals surface area (Å²) in [6, 6.07) is 7.74. The molecule has 118 valence electrons. The number of rotatable bonds is 4. The van der Waals surface area contributed by atoms with Crippen LogP contribution in [0.3, 0.4) is 0 Å². The van der Waals surface area contributed by atoms with Crippen molar-refractivity contribution in [2.75, 3.05) is 18.8 Å². The Morgan fingerprint density at radius 1 is 1.27 bits per heavy atom. The van der Waals surface area contributed by atoms with E-state index in [4.69, 9.17) is 0 Å². The summed E-state index contributed by atoms with van der Waals surface area (Å²) in [5.41, 5.74) is 1.67. The van der Waals surface area contributed by atoms with Crippen LogP contribution in [0.1, 0.15) is 30.1 Å². The fourth-order valence-electron chi connectivity index (χ4n) is 3.07. The molecule has 0 saturated carbocycles. The van der Waals surface area contributed by atoms with E-state index < -0.39 is 10.0 Å². The highest BCUT2D eigenvalue weighted by molar-refractivity contribution is 7.89. The van der Waals surface area contributed by atoms with Gasteiger partial charge in [-0.05, 0) is 25.8 Å². The zero-order chi connectivity index (χ0) is 15.7. The summed E-state index contributed by atoms with van der Waals surface area (Å²) in [5.74, 6) is 0.141. The number of aromatic amines is 1. The molecule has 0 unspecified atom stereocenters. The van der Waals surface area contributed by atoms with Crippen LogP contribution in [0.15, 0.2) is 30.5 Å². The first kappa shape index (κ1) is 15.2. The van der Waals surface area contributed by atoms with Crippen LogP contribution in [0, 0.1) is 5.92 Å². The molecule has 0 radical (unpaired) electrons. The van der Waals surface area contributed by atoms with Gasteiger partial charge in [0.2, 0.25) is 10.0 Å². The zero-order valence-electron chi connectivity index (χ0n) is 12.6. The fourth-order valence-corrected chi connectivity index (χ4v) is 4.21. The Labute approximate surface area is 130 Å². The van der Waals surface area contributed by atoms with Crippen molar-refractivity contribution in [3.8, 4) is 0 Å². The Bertz CT molecular complexity index is 787. The molecule has 0 aliphatic carbocycles. The van der Waals surface area contributed by atoms with Gasteiger partial charge in [0, 0.05) is 41.7 Å². The molecule has 0 atom stereocenters. The minimum Gasteiger partial charge on any atom is -0.360 e. The van der Waals surface area contributed by atoms with Gasteiger partial charge in [0.15, 0.2) is 5.78 Å². The average molecular weight is 320 g/mol. The summed E-state index contributed by atoms with van der Waals surface area (Å²) in [4.78, 5) is 15.8. The van der Waals surface area contributed by atoms with Crippen molar-refractivity contribution in [2.24, 2.45) is 5.92 Å². The highest BCUT2D eigenvalue weighted by Crippen LogP contribution is 2.27. The lowest BCUT2D eigenvalue weighted by molar-refractivity contribution is 0.0877. The number of ketones is 1. The predicted molar refractivity (Wildman–Crippen MR) is 86.4 cm³/mol. The Balaban J connectivity index is 1.75. The summed E-state index contributed by atoms with van der Waals surface area (Å²) < 4.78 is 25.2. The molecule has 2 heterocycles. The number of benzene rings is 1. The Morgan fingerprint density at radius 2 is 1.95 bits per heavy atom. The van der Waals surface area contributed by atoms with Crippen LogP contribution in [0.4, 0.5) is 0 Å². The van der Waals surface area contributed by atoms with E-state index in [0.29, 0.717) is 31.5 Å². The van der Waals surface area contributed by atoms with Crippen LogP contribution < -0.4 is 0 Å². The van der Waals surface area contributed by atoms with Gasteiger partial charge >= 0.3 is 0 Å². The van der Waals surface area contributed by atoms with E-state index in [9.17, 15) is 13.2 Å². The molecule has 0 bridgehead atoms. The van der Waals surface area contributed by atoms with E-state index >= 15 is 0 Å². The number of hydrogen-bond acceptors (Lipinski definition) is 3. The number of Topliss-reactive ketones (excluding diaryl/α,β-unsaturated/α-hetero) is 1. The predicted octanol–water partition coefficient (Wildman–Crippen LogP) is 2.41. The monoisotopic (exact) mass is 320 g/mol. The number of hydrogen-bond donors (Lipinski definition) is 1. The molecule has 22 heavy (non-hydrogen) atoms. The number of nitrogens with zero attached hydrogens (tertiary/aromatic N) is 1. The second-order valence-corrected chi connectivity index (χ2v) is 7.94. The van der Waals surface area contributed by atoms with Crippen LogP contribution in [0.5, 0.6) is 0 Å². The van der Waals surface area contributed by atoms with Crippen molar-refractivity contribution in [3.63, 3.8) is 0 Å². The molecule has 1 saturated heterocycles. The lowest BCUT2D eigenvalue weighted by atomic mass is 9.89. The SMILES string of the molecule is CCS(=O)(=O)N1CCC(C(=O)c2c[nH]c3ccccc23)CC1. The van der Waals surface area contributed by atoms with Gasteiger partial charge in [0.1, 0.15) is 0 Å². The third-order valence-electron chi connectivity index (χ3n) is 4.44. The second kappa shape index (κ2) is 5.85. The Hall–Kier alpha value is -1.66. The molecular weight excluding hydrogens is 300 g/mol. The van der Waals surface area contributed by atoms with Gasteiger partial charge in [0.05, 0.1) is 5.75 Å². The Morgan fingerprint density at radius 3 is 2.64 bits per heavy atom. The highest BCUT2D eigenvalue weighted by Gasteiger charge is 2.31. The van der Waals surface area contributed by atoms with Crippen molar-refractivity contribution < 1.29 is 13.2 Å². The summed E-state index contributed by atoms with van der Waals surface area (Å²) in [5, 5.41) is 0.941. The largest absolute Gasteiger partial charge is 0.360 e. The van der Waals surface area contributed by atoms with Crippen LogP contribution >= 0.6 is 0 Å². The van der Waals surface area contributed by atoms with Crippen molar-refractivity contribution in [1.29, 1.82) is 0 Å². The van der Waals surface area contributed by atoms with Crippen molar-refractivity contribution in [1.82, 2.24) is 9.29 Å². The van der Waals surface area contributed by atoms with Crippen molar-refractivity contribution >= 4 is 26.7 Å². The number of H-pyrrole nitrogens is 1. The van der Waals surface area contributed by atoms with Crippen LogP contribution in [0.2, 0.25) is 0 Å². The highest BCUT2D eigenvalue weighted by atomic mass is 32.2. The number of carbonyl (C=O) groups is 1. The summed E-state index contributed by atoms with van der Waals surface area (Å²) in [7, 11) is -3.14. The summed E-state index contributed by atoms with van der Waals surface area (Å²) in [6.07, 6.45) is 2.96. The zero-order valence-corrected chi connectivity index (χ0v) is 13.4. The number of fused-ring (bicyclic) bond motifs is 1. The Kier molecular flexibility index (Phi) is 4.06. The molecule has 1 aliphatic heterocycles. The quantitative estimate of drug-likeness (QED) is 0.880. The van der Waals surface area contributed by atoms with Crippen LogP contribution in [-0.4, -0.2) is 42.3 Å². The maximum atomic E-state index is 12.7. The van der Waals surface area contributed by atoms with Crippen molar-refractivity contribution in [3.05, 3.63) is 36.0 Å². The number of piperidine rings is 1. The number of carbonyl (C=O) groups excluding carboxylic acids is 1. The van der Waals surface area contributed by atoms with Gasteiger partial charge < -0.3 is 4.98 Å². The van der Waals surface area contributed by atoms with E-state index in [1.54, 1.807) is 13.1 Å². The molecule has 0 spiro atoms. The number of nitrogens with one attached hydrogen (secondary N) is 1. The van der Waals surface area contributed by atoms with Crippen molar-refractivity contribution in [2.45, 2.75) is 19.8 Å². The van der Waals surface area contributed by atoms with Gasteiger partial charge in [-0.15, -0.1) is 0 Å². The summed E-state index contributed by atoms with van der Waals surface area (Å²) in [6.45, 7) is 2.53. The standard InChI is InChI=1S/C16H20N2O3S/c1-2-22(20,21)18-9-7-12(8-10-18)16(19)14-11-17-15-6-4-3-5-13(14)15/h3-6,11-12,17H,2,7-10H2,1H3. The maximum Gasteiger partial charge on any atom is 0.213 e. The summed E-state index contributed by atoms with van der Waals surface area (Å²) >= 11 is 0. The smallest absolute Gasteiger partial charge is 0.213 e. The first-order valence-corrected chi connectivity index (χ1v) is 9.22. The van der Waals surface area contributed by atoms with E-state index in [0.717, 1.165) is 10.9 Å². The molecule has 5 nitrogen and oxygen atoms in total. The molecule has 1 aromatic heterocycles. The minimum absolute atomic E-state index is 0.0949. The van der Waals surface area contributed by atoms with E-state index in [1.165, 1.54) is 4.31 Å². The third kappa shape index (κ3) is 2.68. The molecule has 6 heteroatoms.